The van der Waals surface area contributed by atoms with E-state index in [1.54, 1.807) is 0 Å². The van der Waals surface area contributed by atoms with Gasteiger partial charge in [-0.15, -0.1) is 29.6 Å². The van der Waals surface area contributed by atoms with Crippen molar-refractivity contribution in [3.8, 4) is 12.3 Å². The zero-order valence-electron chi connectivity index (χ0n) is 23.7. The number of halogens is 9. The highest BCUT2D eigenvalue weighted by atomic mass is 35.5. The number of nitrogens with one attached hydrogen (secondary N) is 2. The second kappa shape index (κ2) is 13.1. The molecule has 3 amide bonds. The van der Waals surface area contributed by atoms with Crippen LogP contribution in [-0.4, -0.2) is 28.6 Å². The van der Waals surface area contributed by atoms with Crippen LogP contribution >= 0.6 is 34.8 Å². The lowest BCUT2D eigenvalue weighted by Gasteiger charge is -2.24. The third kappa shape index (κ3) is 6.77. The van der Waals surface area contributed by atoms with Crippen molar-refractivity contribution in [2.45, 2.75) is 30.3 Å². The molecule has 0 heterocycles. The Labute approximate surface area is 274 Å². The Morgan fingerprint density at radius 3 is 2.28 bits per heavy atom. The zero-order chi connectivity index (χ0) is 34.3. The second-order valence-electron chi connectivity index (χ2n) is 10.2. The number of carbonyl (C=O) groups is 3. The van der Waals surface area contributed by atoms with E-state index in [9.17, 15) is 36.3 Å². The van der Waals surface area contributed by atoms with Crippen LogP contribution in [0.2, 0.25) is 5.02 Å². The summed E-state index contributed by atoms with van der Waals surface area (Å²) in [4.78, 5) is 39.6. The molecule has 0 aliphatic heterocycles. The van der Waals surface area contributed by atoms with Gasteiger partial charge in [-0.05, 0) is 61.9 Å². The van der Waals surface area contributed by atoms with Gasteiger partial charge >= 0.3 is 6.18 Å². The first kappa shape index (κ1) is 34.9. The summed E-state index contributed by atoms with van der Waals surface area (Å²) in [5.74, 6) is -7.59. The number of rotatable bonds is 8. The number of hydrogen-bond donors (Lipinski definition) is 2. The molecule has 0 saturated heterocycles. The SMILES string of the molecule is C#CC(C)C(=O)N(CC)c1c(F)ccc(NC(=O)c2cc(NC(=O)[C@H]3[C@H](c4ccc(F)c(C(F)(F)F)c4)C3(Cl)Cl)ccc2Cl)c1F. The molecular weight excluding hydrogens is 683 g/mol. The van der Waals surface area contributed by atoms with E-state index in [0.29, 0.717) is 12.1 Å². The van der Waals surface area contributed by atoms with Crippen LogP contribution in [0.3, 0.4) is 0 Å². The van der Waals surface area contributed by atoms with Gasteiger partial charge in [0.1, 0.15) is 21.7 Å². The fraction of sp³-hybridized carbons (Fsp3) is 0.258. The number of nitrogens with zero attached hydrogens (tertiary/aromatic N) is 1. The van der Waals surface area contributed by atoms with Gasteiger partial charge in [0.25, 0.3) is 5.91 Å². The summed E-state index contributed by atoms with van der Waals surface area (Å²) in [6.45, 7) is 2.73. The summed E-state index contributed by atoms with van der Waals surface area (Å²) in [7, 11) is 0. The van der Waals surface area contributed by atoms with Gasteiger partial charge in [0.2, 0.25) is 11.8 Å². The lowest BCUT2D eigenvalue weighted by molar-refractivity contribution is -0.140. The molecule has 1 unspecified atom stereocenters. The molecule has 1 saturated carbocycles. The summed E-state index contributed by atoms with van der Waals surface area (Å²) in [6.07, 6.45) is 0.284. The first-order valence-corrected chi connectivity index (χ1v) is 14.5. The third-order valence-electron chi connectivity index (χ3n) is 7.26. The maximum Gasteiger partial charge on any atom is 0.419 e. The van der Waals surface area contributed by atoms with E-state index >= 15 is 4.39 Å². The number of alkyl halides is 5. The van der Waals surface area contributed by atoms with Gasteiger partial charge < -0.3 is 15.5 Å². The van der Waals surface area contributed by atoms with Gasteiger partial charge in [-0.25, -0.2) is 13.2 Å². The van der Waals surface area contributed by atoms with Crippen LogP contribution in [0, 0.1) is 41.6 Å². The predicted octanol–water partition coefficient (Wildman–Crippen LogP) is 8.18. The maximum atomic E-state index is 15.5. The Morgan fingerprint density at radius 1 is 1.02 bits per heavy atom. The highest BCUT2D eigenvalue weighted by Crippen LogP contribution is 2.65. The highest BCUT2D eigenvalue weighted by Gasteiger charge is 2.67. The smallest absolute Gasteiger partial charge is 0.326 e. The van der Waals surface area contributed by atoms with Gasteiger partial charge in [0.15, 0.2) is 5.82 Å². The molecule has 1 aliphatic carbocycles. The normalized spacial score (nSPS) is 17.4. The van der Waals surface area contributed by atoms with Crippen LogP contribution in [0.25, 0.3) is 0 Å². The van der Waals surface area contributed by atoms with Crippen LogP contribution < -0.4 is 15.5 Å². The van der Waals surface area contributed by atoms with Crippen molar-refractivity contribution in [3.05, 3.63) is 87.7 Å². The Kier molecular flexibility index (Phi) is 9.92. The van der Waals surface area contributed by atoms with Gasteiger partial charge in [0.05, 0.1) is 33.7 Å². The van der Waals surface area contributed by atoms with Crippen molar-refractivity contribution in [3.63, 3.8) is 0 Å². The van der Waals surface area contributed by atoms with Gasteiger partial charge in [-0.3, -0.25) is 14.4 Å². The summed E-state index contributed by atoms with van der Waals surface area (Å²) in [5.41, 5.74) is -3.18. The van der Waals surface area contributed by atoms with E-state index in [0.717, 1.165) is 29.2 Å². The molecule has 0 radical (unpaired) electrons. The van der Waals surface area contributed by atoms with Gasteiger partial charge in [-0.2, -0.15) is 13.2 Å². The number of carbonyl (C=O) groups excluding carboxylic acids is 3. The average Bonchev–Trinajstić information content (AvgIpc) is 3.57. The van der Waals surface area contributed by atoms with Crippen molar-refractivity contribution >= 4 is 69.6 Å². The standard InChI is InChI=1S/C31H22Cl3F6N3O3/c1-4-14(3)29(46)43(5-2)26-21(36)10-11-22(25(26)37)42-27(44)17-13-16(7-8-19(17)32)41-28(45)24-23(30(24,33)34)15-6-9-20(35)18(12-15)31(38,39)40/h1,6-14,23-24H,5H2,2-3H3,(H,41,45)(H,42,44)/t14?,23-,24+/m0/s1. The minimum Gasteiger partial charge on any atom is -0.326 e. The highest BCUT2D eigenvalue weighted by molar-refractivity contribution is 6.53. The molecule has 0 bridgehead atoms. The topological polar surface area (TPSA) is 78.5 Å². The molecule has 1 fully saturated rings. The maximum absolute atomic E-state index is 15.5. The number of hydrogen-bond acceptors (Lipinski definition) is 3. The van der Waals surface area contributed by atoms with Crippen molar-refractivity contribution in [2.75, 3.05) is 22.1 Å². The molecule has 3 aromatic carbocycles. The van der Waals surface area contributed by atoms with Crippen molar-refractivity contribution in [2.24, 2.45) is 11.8 Å². The minimum atomic E-state index is -5.00. The van der Waals surface area contributed by atoms with Crippen LogP contribution in [0.1, 0.15) is 41.3 Å². The lowest BCUT2D eigenvalue weighted by Crippen LogP contribution is -2.36. The van der Waals surface area contributed by atoms with Crippen LogP contribution in [0.4, 0.5) is 43.4 Å². The number of terminal acetylenes is 1. The fourth-order valence-electron chi connectivity index (χ4n) is 4.82. The molecule has 15 heteroatoms. The molecule has 3 atom stereocenters. The molecular formula is C31H22Cl3F6N3O3. The van der Waals surface area contributed by atoms with E-state index in [2.05, 4.69) is 16.6 Å². The first-order chi connectivity index (χ1) is 21.4. The largest absolute Gasteiger partial charge is 0.419 e. The molecule has 1 aliphatic rings. The fourth-order valence-corrected chi connectivity index (χ4v) is 5.85. The monoisotopic (exact) mass is 703 g/mol. The minimum absolute atomic E-state index is 0.0179. The molecule has 46 heavy (non-hydrogen) atoms. The number of anilines is 3. The molecule has 3 aromatic rings. The molecule has 6 nitrogen and oxygen atoms in total. The van der Waals surface area contributed by atoms with Crippen LogP contribution in [0.5, 0.6) is 0 Å². The van der Waals surface area contributed by atoms with Crippen LogP contribution in [-0.2, 0) is 15.8 Å². The summed E-state index contributed by atoms with van der Waals surface area (Å²) >= 11 is 18.7. The summed E-state index contributed by atoms with van der Waals surface area (Å²) in [5, 5.41) is 4.58. The van der Waals surface area contributed by atoms with E-state index < -0.39 is 80.4 Å². The van der Waals surface area contributed by atoms with Gasteiger partial charge in [0, 0.05) is 18.2 Å². The third-order valence-corrected chi connectivity index (χ3v) is 8.53. The molecule has 4 rings (SSSR count). The Bertz CT molecular complexity index is 1780. The Morgan fingerprint density at radius 2 is 1.67 bits per heavy atom. The van der Waals surface area contributed by atoms with E-state index in [-0.39, 0.29) is 28.4 Å². The van der Waals surface area contributed by atoms with Crippen molar-refractivity contribution in [1.29, 1.82) is 0 Å². The van der Waals surface area contributed by atoms with E-state index in [1.807, 2.05) is 0 Å². The quantitative estimate of drug-likeness (QED) is 0.141. The second-order valence-corrected chi connectivity index (χ2v) is 12.1. The Hall–Kier alpha value is -3.92. The summed E-state index contributed by atoms with van der Waals surface area (Å²) < 4.78 is 81.8. The molecule has 0 spiro atoms. The van der Waals surface area contributed by atoms with Crippen molar-refractivity contribution in [1.82, 2.24) is 0 Å². The number of benzene rings is 3. The molecule has 0 aromatic heterocycles. The van der Waals surface area contributed by atoms with E-state index in [1.165, 1.54) is 26.0 Å². The van der Waals surface area contributed by atoms with Crippen LogP contribution in [0.15, 0.2) is 48.5 Å². The lowest BCUT2D eigenvalue weighted by atomic mass is 10.0. The van der Waals surface area contributed by atoms with E-state index in [4.69, 9.17) is 41.2 Å². The number of amides is 3. The molecule has 2 N–H and O–H groups in total. The zero-order valence-corrected chi connectivity index (χ0v) is 26.0. The van der Waals surface area contributed by atoms with Gasteiger partial charge in [-0.1, -0.05) is 23.6 Å². The summed E-state index contributed by atoms with van der Waals surface area (Å²) in [6, 6.07) is 7.59. The Balaban J connectivity index is 1.56. The first-order valence-electron chi connectivity index (χ1n) is 13.4. The predicted molar refractivity (Wildman–Crippen MR) is 162 cm³/mol. The average molecular weight is 705 g/mol. The molecule has 242 valence electrons. The van der Waals surface area contributed by atoms with Crippen molar-refractivity contribution < 1.29 is 40.7 Å².